The number of aromatic nitrogens is 2. The van der Waals surface area contributed by atoms with Gasteiger partial charge >= 0.3 is 0 Å². The lowest BCUT2D eigenvalue weighted by Crippen LogP contribution is -2.54. The van der Waals surface area contributed by atoms with Gasteiger partial charge in [-0.05, 0) is 38.3 Å². The Bertz CT molecular complexity index is 776. The molecular weight excluding hydrogens is 302 g/mol. The highest BCUT2D eigenvalue weighted by Crippen LogP contribution is 2.43. The molecule has 22 heavy (non-hydrogen) atoms. The summed E-state index contributed by atoms with van der Waals surface area (Å²) in [7, 11) is -3.73. The van der Waals surface area contributed by atoms with E-state index in [1.807, 2.05) is 6.92 Å². The quantitative estimate of drug-likeness (QED) is 0.902. The zero-order valence-corrected chi connectivity index (χ0v) is 13.0. The molecule has 1 aromatic carbocycles. The number of carbonyl (C=O) groups is 1. The molecule has 1 heterocycles. The number of rotatable bonds is 4. The van der Waals surface area contributed by atoms with Crippen LogP contribution in [0.1, 0.15) is 24.8 Å². The summed E-state index contributed by atoms with van der Waals surface area (Å²) >= 11 is 0. The Morgan fingerprint density at radius 1 is 1.27 bits per heavy atom. The van der Waals surface area contributed by atoms with Gasteiger partial charge in [0.2, 0.25) is 5.91 Å². The Kier molecular flexibility index (Phi) is 3.52. The van der Waals surface area contributed by atoms with Crippen molar-refractivity contribution in [3.05, 3.63) is 42.2 Å². The molecule has 1 aromatic heterocycles. The van der Waals surface area contributed by atoms with Crippen molar-refractivity contribution in [2.24, 2.45) is 0 Å². The van der Waals surface area contributed by atoms with Crippen molar-refractivity contribution in [3.8, 4) is 0 Å². The molecule has 7 heteroatoms. The second-order valence-electron chi connectivity index (χ2n) is 5.61. The van der Waals surface area contributed by atoms with E-state index in [0.29, 0.717) is 18.5 Å². The average molecular weight is 319 g/mol. The van der Waals surface area contributed by atoms with Crippen molar-refractivity contribution < 1.29 is 13.2 Å². The van der Waals surface area contributed by atoms with Crippen LogP contribution in [-0.2, 0) is 14.6 Å². The molecule has 0 unspecified atom stereocenters. The highest BCUT2D eigenvalue weighted by Gasteiger charge is 2.55. The number of nitrogens with zero attached hydrogens (tertiary/aromatic N) is 1. The largest absolute Gasteiger partial charge is 0.322 e. The Morgan fingerprint density at radius 2 is 1.95 bits per heavy atom. The molecule has 0 bridgehead atoms. The van der Waals surface area contributed by atoms with Gasteiger partial charge in [-0.3, -0.25) is 9.89 Å². The zero-order chi connectivity index (χ0) is 15.8. The molecule has 1 amide bonds. The van der Waals surface area contributed by atoms with E-state index in [4.69, 9.17) is 0 Å². The van der Waals surface area contributed by atoms with Crippen molar-refractivity contribution in [1.82, 2.24) is 10.2 Å². The molecule has 1 aliphatic carbocycles. The fourth-order valence-corrected chi connectivity index (χ4v) is 4.69. The van der Waals surface area contributed by atoms with Gasteiger partial charge in [0.15, 0.2) is 14.6 Å². The van der Waals surface area contributed by atoms with Gasteiger partial charge in [-0.25, -0.2) is 8.42 Å². The third-order valence-corrected chi connectivity index (χ3v) is 6.69. The van der Waals surface area contributed by atoms with E-state index in [1.165, 1.54) is 12.4 Å². The first-order chi connectivity index (χ1) is 10.5. The van der Waals surface area contributed by atoms with Gasteiger partial charge in [0, 0.05) is 6.20 Å². The van der Waals surface area contributed by atoms with Crippen molar-refractivity contribution in [1.29, 1.82) is 0 Å². The lowest BCUT2D eigenvalue weighted by Gasteiger charge is -2.39. The van der Waals surface area contributed by atoms with E-state index < -0.39 is 20.5 Å². The number of amides is 1. The minimum absolute atomic E-state index is 0.195. The number of benzene rings is 1. The molecule has 0 aliphatic heterocycles. The van der Waals surface area contributed by atoms with Gasteiger partial charge in [-0.2, -0.15) is 5.10 Å². The summed E-state index contributed by atoms with van der Waals surface area (Å²) in [5.74, 6) is -0.485. The molecule has 2 aromatic rings. The maximum absolute atomic E-state index is 12.9. The van der Waals surface area contributed by atoms with Crippen LogP contribution in [-0.4, -0.2) is 29.3 Å². The summed E-state index contributed by atoms with van der Waals surface area (Å²) < 4.78 is 24.5. The van der Waals surface area contributed by atoms with Crippen LogP contribution in [0.2, 0.25) is 0 Å². The Balaban J connectivity index is 1.95. The summed E-state index contributed by atoms with van der Waals surface area (Å²) in [6, 6.07) is 6.62. The van der Waals surface area contributed by atoms with Gasteiger partial charge in [-0.1, -0.05) is 17.7 Å². The van der Waals surface area contributed by atoms with Crippen LogP contribution in [0.15, 0.2) is 41.6 Å². The van der Waals surface area contributed by atoms with E-state index in [1.54, 1.807) is 24.3 Å². The van der Waals surface area contributed by atoms with Crippen LogP contribution in [0.5, 0.6) is 0 Å². The van der Waals surface area contributed by atoms with Crippen LogP contribution < -0.4 is 5.32 Å². The number of hydrogen-bond donors (Lipinski definition) is 2. The molecule has 6 nitrogen and oxygen atoms in total. The number of sulfone groups is 1. The minimum atomic E-state index is -3.73. The van der Waals surface area contributed by atoms with Crippen molar-refractivity contribution in [2.45, 2.75) is 35.8 Å². The summed E-state index contributed by atoms with van der Waals surface area (Å²) in [4.78, 5) is 12.8. The van der Waals surface area contributed by atoms with Crippen LogP contribution in [0.3, 0.4) is 0 Å². The molecule has 0 saturated heterocycles. The minimum Gasteiger partial charge on any atom is -0.322 e. The lowest BCUT2D eigenvalue weighted by molar-refractivity contribution is -0.120. The molecule has 1 aliphatic rings. The molecule has 0 atom stereocenters. The summed E-state index contributed by atoms with van der Waals surface area (Å²) in [5, 5.41) is 8.97. The molecule has 3 rings (SSSR count). The number of carbonyl (C=O) groups excluding carboxylic acids is 1. The molecule has 0 spiro atoms. The maximum atomic E-state index is 12.9. The monoisotopic (exact) mass is 319 g/mol. The Labute approximate surface area is 128 Å². The molecule has 0 radical (unpaired) electrons. The first kappa shape index (κ1) is 14.8. The molecule has 116 valence electrons. The molecule has 2 N–H and O–H groups in total. The first-order valence-electron chi connectivity index (χ1n) is 7.07. The highest BCUT2D eigenvalue weighted by molar-refractivity contribution is 7.93. The second-order valence-corrected chi connectivity index (χ2v) is 7.87. The number of anilines is 1. The van der Waals surface area contributed by atoms with Crippen LogP contribution >= 0.6 is 0 Å². The predicted molar refractivity (Wildman–Crippen MR) is 82.2 cm³/mol. The number of nitrogens with one attached hydrogen (secondary N) is 2. The second kappa shape index (κ2) is 5.24. The van der Waals surface area contributed by atoms with Crippen LogP contribution in [0.25, 0.3) is 0 Å². The highest BCUT2D eigenvalue weighted by atomic mass is 32.2. The lowest BCUT2D eigenvalue weighted by atomic mass is 9.83. The van der Waals surface area contributed by atoms with Gasteiger partial charge in [0.1, 0.15) is 0 Å². The number of aryl methyl sites for hydroxylation is 1. The Morgan fingerprint density at radius 3 is 2.45 bits per heavy atom. The van der Waals surface area contributed by atoms with E-state index in [0.717, 1.165) is 12.0 Å². The van der Waals surface area contributed by atoms with E-state index in [2.05, 4.69) is 15.5 Å². The summed E-state index contributed by atoms with van der Waals surface area (Å²) in [6.07, 6.45) is 4.37. The van der Waals surface area contributed by atoms with Crippen LogP contribution in [0, 0.1) is 6.92 Å². The predicted octanol–water partition coefficient (Wildman–Crippen LogP) is 2.05. The van der Waals surface area contributed by atoms with E-state index >= 15 is 0 Å². The van der Waals surface area contributed by atoms with E-state index in [-0.39, 0.29) is 4.90 Å². The average Bonchev–Trinajstić information content (AvgIpc) is 2.90. The first-order valence-corrected chi connectivity index (χ1v) is 8.56. The molecular formula is C15H17N3O3S. The van der Waals surface area contributed by atoms with Crippen LogP contribution in [0.4, 0.5) is 5.69 Å². The zero-order valence-electron chi connectivity index (χ0n) is 12.2. The van der Waals surface area contributed by atoms with E-state index in [9.17, 15) is 13.2 Å². The number of hydrogen-bond acceptors (Lipinski definition) is 4. The fourth-order valence-electron chi connectivity index (χ4n) is 2.62. The third-order valence-electron chi connectivity index (χ3n) is 4.18. The SMILES string of the molecule is Cc1ccc(S(=O)(=O)C2(C(=O)Nc3cn[nH]c3)CCC2)cc1. The smallest absolute Gasteiger partial charge is 0.246 e. The topological polar surface area (TPSA) is 91.9 Å². The molecule has 1 fully saturated rings. The summed E-state index contributed by atoms with van der Waals surface area (Å²) in [6.45, 7) is 1.89. The number of H-pyrrole nitrogens is 1. The van der Waals surface area contributed by atoms with Gasteiger partial charge < -0.3 is 5.32 Å². The van der Waals surface area contributed by atoms with Crippen molar-refractivity contribution >= 4 is 21.4 Å². The third kappa shape index (κ3) is 2.21. The molecule has 1 saturated carbocycles. The number of aromatic amines is 1. The Hall–Kier alpha value is -2.15. The standard InChI is InChI=1S/C15H17N3O3S/c1-11-3-5-13(6-4-11)22(20,21)15(7-2-8-15)14(19)18-12-9-16-17-10-12/h3-6,9-10H,2,7-8H2,1H3,(H,16,17)(H,18,19). The summed E-state index contributed by atoms with van der Waals surface area (Å²) in [5.41, 5.74) is 1.44. The van der Waals surface area contributed by atoms with Gasteiger partial charge in [0.25, 0.3) is 0 Å². The van der Waals surface area contributed by atoms with Gasteiger partial charge in [0.05, 0.1) is 16.8 Å². The van der Waals surface area contributed by atoms with Crippen molar-refractivity contribution in [3.63, 3.8) is 0 Å². The maximum Gasteiger partial charge on any atom is 0.246 e. The fraction of sp³-hybridized carbons (Fsp3) is 0.333. The van der Waals surface area contributed by atoms with Crippen molar-refractivity contribution in [2.75, 3.05) is 5.32 Å². The van der Waals surface area contributed by atoms with Gasteiger partial charge in [-0.15, -0.1) is 0 Å². The normalized spacial score (nSPS) is 16.8.